The molecule has 3 fully saturated rings. The second-order valence-corrected chi connectivity index (χ2v) is 10.5. The van der Waals surface area contributed by atoms with Gasteiger partial charge >= 0.3 is 5.97 Å². The van der Waals surface area contributed by atoms with Crippen molar-refractivity contribution < 1.29 is 29.3 Å². The van der Waals surface area contributed by atoms with Crippen LogP contribution in [0.15, 0.2) is 36.9 Å². The van der Waals surface area contributed by atoms with Crippen LogP contribution < -0.4 is 0 Å². The Morgan fingerprint density at radius 1 is 1.43 bits per heavy atom. The Balaban J connectivity index is 1.56. The first-order valence-corrected chi connectivity index (χ1v) is 12.3. The van der Waals surface area contributed by atoms with Crippen LogP contribution in [0.3, 0.4) is 0 Å². The minimum atomic E-state index is -1.32. The molecule has 3 aliphatic rings. The maximum Gasteiger partial charge on any atom is 0.310 e. The predicted molar refractivity (Wildman–Crippen MR) is 126 cm³/mol. The number of hydrogen-bond acceptors (Lipinski definition) is 7. The van der Waals surface area contributed by atoms with Gasteiger partial charge in [0.25, 0.3) is 0 Å². The minimum Gasteiger partial charge on any atom is -0.481 e. The van der Waals surface area contributed by atoms with Crippen molar-refractivity contribution in [2.45, 2.75) is 48.6 Å². The number of aliphatic carboxylic acids is 1. The van der Waals surface area contributed by atoms with Crippen LogP contribution in [0.1, 0.15) is 13.3 Å². The molecule has 3 aliphatic heterocycles. The number of aliphatic hydroxyl groups excluding tert-OH is 1. The number of amides is 2. The molecule has 0 saturated carbocycles. The number of carboxylic acids is 1. The Bertz CT molecular complexity index is 1200. The van der Waals surface area contributed by atoms with E-state index >= 15 is 0 Å². The van der Waals surface area contributed by atoms with Crippen molar-refractivity contribution in [3.05, 3.63) is 36.9 Å². The number of aromatic nitrogens is 3. The van der Waals surface area contributed by atoms with E-state index in [1.165, 1.54) is 9.80 Å². The van der Waals surface area contributed by atoms with E-state index in [0.717, 1.165) is 5.52 Å². The van der Waals surface area contributed by atoms with E-state index in [4.69, 9.17) is 4.74 Å². The fraction of sp³-hybridized carbons (Fsp3) is 0.522. The molecule has 186 valence electrons. The number of likely N-dealkylation sites (tertiary alicyclic amines) is 1. The van der Waals surface area contributed by atoms with E-state index < -0.39 is 53.4 Å². The number of carboxylic acid groups (broad SMARTS) is 1. The lowest BCUT2D eigenvalue weighted by atomic mass is 9.70. The number of carbonyl (C=O) groups is 3. The smallest absolute Gasteiger partial charge is 0.310 e. The number of nitrogens with zero attached hydrogens (tertiary/aromatic N) is 5. The Kier molecular flexibility index (Phi) is 5.93. The molecule has 0 aliphatic carbocycles. The normalized spacial score (nSPS) is 32.1. The molecule has 2 amide bonds. The highest BCUT2D eigenvalue weighted by Crippen LogP contribution is 2.60. The van der Waals surface area contributed by atoms with Gasteiger partial charge in [0, 0.05) is 11.4 Å². The number of benzene rings is 1. The number of aliphatic hydroxyl groups is 1. The van der Waals surface area contributed by atoms with Crippen LogP contribution in [0.4, 0.5) is 0 Å². The average Bonchev–Trinajstić information content (AvgIpc) is 3.55. The topological polar surface area (TPSA) is 138 Å². The summed E-state index contributed by atoms with van der Waals surface area (Å²) in [6.45, 7) is 5.22. The minimum absolute atomic E-state index is 0.0433. The summed E-state index contributed by atoms with van der Waals surface area (Å²) < 4.78 is 7.84. The van der Waals surface area contributed by atoms with Crippen molar-refractivity contribution in [1.82, 2.24) is 24.8 Å². The van der Waals surface area contributed by atoms with Gasteiger partial charge in [-0.2, -0.15) is 0 Å². The number of carbonyl (C=O) groups excluding carboxylic acids is 2. The largest absolute Gasteiger partial charge is 0.481 e. The molecule has 35 heavy (non-hydrogen) atoms. The summed E-state index contributed by atoms with van der Waals surface area (Å²) in [7, 11) is 0. The van der Waals surface area contributed by atoms with Crippen LogP contribution in [-0.2, 0) is 25.8 Å². The highest BCUT2D eigenvalue weighted by Gasteiger charge is 2.77. The molecule has 5 rings (SSSR count). The first-order chi connectivity index (χ1) is 16.7. The van der Waals surface area contributed by atoms with Crippen molar-refractivity contribution in [3.8, 4) is 0 Å². The van der Waals surface area contributed by atoms with Gasteiger partial charge in [-0.1, -0.05) is 39.4 Å². The lowest BCUT2D eigenvalue weighted by Crippen LogP contribution is -2.58. The lowest BCUT2D eigenvalue weighted by Gasteiger charge is -2.38. The zero-order valence-corrected chi connectivity index (χ0v) is 20.6. The number of rotatable bonds is 8. The van der Waals surface area contributed by atoms with Gasteiger partial charge in [-0.3, -0.25) is 14.4 Å². The van der Waals surface area contributed by atoms with Crippen molar-refractivity contribution in [2.24, 2.45) is 11.8 Å². The van der Waals surface area contributed by atoms with E-state index in [2.05, 4.69) is 32.8 Å². The maximum absolute atomic E-state index is 14.2. The van der Waals surface area contributed by atoms with Gasteiger partial charge in [-0.15, -0.1) is 11.7 Å². The molecule has 2 aromatic rings. The first-order valence-electron chi connectivity index (χ1n) is 11.4. The number of ether oxygens (including phenoxy) is 1. The third kappa shape index (κ3) is 3.41. The van der Waals surface area contributed by atoms with Gasteiger partial charge in [0.15, 0.2) is 0 Å². The molecular formula is C23H26BrN5O6. The molecule has 3 unspecified atom stereocenters. The van der Waals surface area contributed by atoms with Crippen LogP contribution >= 0.6 is 15.9 Å². The predicted octanol–water partition coefficient (Wildman–Crippen LogP) is 0.617. The van der Waals surface area contributed by atoms with E-state index in [9.17, 15) is 24.6 Å². The van der Waals surface area contributed by atoms with Crippen LogP contribution in [0.2, 0.25) is 0 Å². The number of hydrogen-bond donors (Lipinski definition) is 2. The molecule has 12 heteroatoms. The second-order valence-electron chi connectivity index (χ2n) is 9.35. The molecule has 7 atom stereocenters. The maximum atomic E-state index is 14.2. The summed E-state index contributed by atoms with van der Waals surface area (Å²) in [6.07, 6.45) is 1.15. The second kappa shape index (κ2) is 8.68. The standard InChI is InChI=1S/C23H26BrN5O6/c1-3-8-27(11-28-15-7-5-4-6-14(15)25-26-28)21(32)19-23-9-13(24)18(35-23)16(22(33)34)17(23)20(31)29(19)12(2)10-30/h3-7,12-13,16-19,30H,1,8-11H2,2H3,(H,33,34)/t12-,13?,16+,17+,18+,19?,23?/m1/s1. The van der Waals surface area contributed by atoms with E-state index in [-0.39, 0.29) is 24.6 Å². The summed E-state index contributed by atoms with van der Waals surface area (Å²) in [5.74, 6) is -4.14. The molecule has 2 N–H and O–H groups in total. The number of fused-ring (bicyclic) bond motifs is 2. The highest BCUT2D eigenvalue weighted by molar-refractivity contribution is 9.09. The Hall–Kier alpha value is -2.83. The molecule has 1 aromatic heterocycles. The van der Waals surface area contributed by atoms with E-state index in [1.807, 2.05) is 24.3 Å². The van der Waals surface area contributed by atoms with Gasteiger partial charge in [-0.05, 0) is 25.5 Å². The molecule has 1 aromatic carbocycles. The molecule has 4 heterocycles. The molecule has 0 radical (unpaired) electrons. The monoisotopic (exact) mass is 547 g/mol. The zero-order chi connectivity index (χ0) is 25.1. The summed E-state index contributed by atoms with van der Waals surface area (Å²) >= 11 is 3.52. The van der Waals surface area contributed by atoms with Gasteiger partial charge in [-0.25, -0.2) is 4.68 Å². The van der Waals surface area contributed by atoms with Crippen LogP contribution in [0, 0.1) is 11.8 Å². The van der Waals surface area contributed by atoms with Gasteiger partial charge < -0.3 is 24.7 Å². The van der Waals surface area contributed by atoms with Crippen molar-refractivity contribution in [3.63, 3.8) is 0 Å². The summed E-state index contributed by atoms with van der Waals surface area (Å²) in [5, 5.41) is 28.2. The zero-order valence-electron chi connectivity index (χ0n) is 19.0. The number of para-hydroxylation sites is 1. The quantitative estimate of drug-likeness (QED) is 0.362. The third-order valence-corrected chi connectivity index (χ3v) is 8.22. The van der Waals surface area contributed by atoms with Gasteiger partial charge in [0.05, 0.1) is 36.1 Å². The Labute approximate surface area is 209 Å². The average molecular weight is 548 g/mol. The molecular weight excluding hydrogens is 522 g/mol. The first kappa shape index (κ1) is 23.9. The lowest BCUT2D eigenvalue weighted by molar-refractivity contribution is -0.153. The summed E-state index contributed by atoms with van der Waals surface area (Å²) in [6, 6.07) is 5.53. The van der Waals surface area contributed by atoms with Crippen LogP contribution in [0.25, 0.3) is 11.0 Å². The highest BCUT2D eigenvalue weighted by atomic mass is 79.9. The Morgan fingerprint density at radius 3 is 2.86 bits per heavy atom. The van der Waals surface area contributed by atoms with Gasteiger partial charge in [0.2, 0.25) is 11.8 Å². The third-order valence-electron chi connectivity index (χ3n) is 7.37. The van der Waals surface area contributed by atoms with E-state index in [0.29, 0.717) is 11.9 Å². The molecule has 11 nitrogen and oxygen atoms in total. The molecule has 2 bridgehead atoms. The van der Waals surface area contributed by atoms with Crippen LogP contribution in [-0.4, -0.2) is 94.6 Å². The SMILES string of the molecule is C=CCN(Cn1nnc2ccccc21)C(=O)C1N([C@H](C)CO)C(=O)[C@@H]2[C@H](C(=O)O)[C@H]3OC12CC3Br. The fourth-order valence-electron chi connectivity index (χ4n) is 5.92. The van der Waals surface area contributed by atoms with Crippen molar-refractivity contribution in [1.29, 1.82) is 0 Å². The number of halogens is 1. The van der Waals surface area contributed by atoms with Crippen molar-refractivity contribution in [2.75, 3.05) is 13.2 Å². The fourth-order valence-corrected chi connectivity index (χ4v) is 6.86. The number of alkyl halides is 1. The summed E-state index contributed by atoms with van der Waals surface area (Å²) in [4.78, 5) is 42.5. The van der Waals surface area contributed by atoms with Crippen molar-refractivity contribution >= 4 is 44.7 Å². The summed E-state index contributed by atoms with van der Waals surface area (Å²) in [5.41, 5.74) is 0.0921. The molecule has 1 spiro atoms. The van der Waals surface area contributed by atoms with Crippen LogP contribution in [0.5, 0.6) is 0 Å². The van der Waals surface area contributed by atoms with E-state index in [1.54, 1.807) is 17.7 Å². The van der Waals surface area contributed by atoms with Gasteiger partial charge in [0.1, 0.15) is 23.8 Å². The Morgan fingerprint density at radius 2 is 2.17 bits per heavy atom. The molecule has 3 saturated heterocycles.